The van der Waals surface area contributed by atoms with Crippen molar-refractivity contribution in [2.75, 3.05) is 4.90 Å². The molecule has 0 bridgehead atoms. The molecule has 0 saturated heterocycles. The van der Waals surface area contributed by atoms with Crippen LogP contribution in [0.2, 0.25) is 0 Å². The molecule has 6 heteroatoms. The van der Waals surface area contributed by atoms with E-state index in [4.69, 9.17) is 16.3 Å². The van der Waals surface area contributed by atoms with Crippen LogP contribution in [0.1, 0.15) is 51.7 Å². The standard InChI is InChI=1S/C19H27ClN2O3/c1-12-10-14(11-21-17(23)13(2)20)6-9-16(12)22(15-7-8-15)18(24)25-19(3,4)5/h6,9-10,13,15H,7-8,11H2,1-5H3,(H,21,23). The van der Waals surface area contributed by atoms with E-state index in [-0.39, 0.29) is 18.0 Å². The lowest BCUT2D eigenvalue weighted by Crippen LogP contribution is -2.38. The predicted octanol–water partition coefficient (Wildman–Crippen LogP) is 4.14. The van der Waals surface area contributed by atoms with Crippen molar-refractivity contribution < 1.29 is 14.3 Å². The molecule has 2 rings (SSSR count). The third-order valence-electron chi connectivity index (χ3n) is 3.85. The van der Waals surface area contributed by atoms with Gasteiger partial charge >= 0.3 is 6.09 Å². The molecule has 1 aliphatic rings. The first-order valence-electron chi connectivity index (χ1n) is 8.62. The summed E-state index contributed by atoms with van der Waals surface area (Å²) in [7, 11) is 0. The summed E-state index contributed by atoms with van der Waals surface area (Å²) in [6, 6.07) is 6.02. The SMILES string of the molecule is Cc1cc(CNC(=O)C(C)Cl)ccc1N(C(=O)OC(C)(C)C)C1CC1. The molecule has 1 aromatic rings. The van der Waals surface area contributed by atoms with E-state index in [0.29, 0.717) is 6.54 Å². The number of benzene rings is 1. The number of ether oxygens (including phenoxy) is 1. The molecule has 1 aromatic carbocycles. The molecule has 1 saturated carbocycles. The van der Waals surface area contributed by atoms with Crippen LogP contribution in [0.4, 0.5) is 10.5 Å². The largest absolute Gasteiger partial charge is 0.443 e. The monoisotopic (exact) mass is 366 g/mol. The van der Waals surface area contributed by atoms with Crippen LogP contribution in [0, 0.1) is 6.92 Å². The van der Waals surface area contributed by atoms with Gasteiger partial charge in [-0.3, -0.25) is 9.69 Å². The van der Waals surface area contributed by atoms with Crippen molar-refractivity contribution in [1.29, 1.82) is 0 Å². The van der Waals surface area contributed by atoms with Crippen LogP contribution in [0.15, 0.2) is 18.2 Å². The maximum atomic E-state index is 12.6. The summed E-state index contributed by atoms with van der Waals surface area (Å²) in [6.07, 6.45) is 1.67. The molecule has 1 N–H and O–H groups in total. The van der Waals surface area contributed by atoms with Crippen molar-refractivity contribution in [2.24, 2.45) is 0 Å². The van der Waals surface area contributed by atoms with E-state index in [1.54, 1.807) is 11.8 Å². The number of nitrogens with zero attached hydrogens (tertiary/aromatic N) is 1. The van der Waals surface area contributed by atoms with Gasteiger partial charge in [0.05, 0.1) is 5.69 Å². The van der Waals surface area contributed by atoms with Crippen LogP contribution in [0.25, 0.3) is 0 Å². The molecular formula is C19H27ClN2O3. The fourth-order valence-corrected chi connectivity index (χ4v) is 2.59. The minimum absolute atomic E-state index is 0.197. The Balaban J connectivity index is 2.14. The number of alkyl halides is 1. The summed E-state index contributed by atoms with van der Waals surface area (Å²) in [4.78, 5) is 25.9. The van der Waals surface area contributed by atoms with E-state index >= 15 is 0 Å². The number of hydrogen-bond donors (Lipinski definition) is 1. The minimum atomic E-state index is -0.558. The molecule has 0 heterocycles. The molecule has 0 radical (unpaired) electrons. The van der Waals surface area contributed by atoms with Gasteiger partial charge in [0, 0.05) is 12.6 Å². The summed E-state index contributed by atoms with van der Waals surface area (Å²) in [5, 5.41) is 2.23. The maximum absolute atomic E-state index is 12.6. The second kappa shape index (κ2) is 7.65. The normalized spacial score (nSPS) is 15.4. The number of aryl methyl sites for hydroxylation is 1. The summed E-state index contributed by atoms with van der Waals surface area (Å²) < 4.78 is 5.56. The topological polar surface area (TPSA) is 58.6 Å². The quantitative estimate of drug-likeness (QED) is 0.796. The highest BCUT2D eigenvalue weighted by molar-refractivity contribution is 6.30. The molecule has 0 aromatic heterocycles. The number of anilines is 1. The first-order valence-corrected chi connectivity index (χ1v) is 9.05. The molecule has 5 nitrogen and oxygen atoms in total. The van der Waals surface area contributed by atoms with E-state index in [9.17, 15) is 9.59 Å². The van der Waals surface area contributed by atoms with Crippen LogP contribution >= 0.6 is 11.6 Å². The Morgan fingerprint density at radius 1 is 1.36 bits per heavy atom. The van der Waals surface area contributed by atoms with Crippen molar-refractivity contribution >= 4 is 29.3 Å². The highest BCUT2D eigenvalue weighted by Crippen LogP contribution is 2.35. The summed E-state index contributed by atoms with van der Waals surface area (Å²) in [5.41, 5.74) is 2.27. The summed E-state index contributed by atoms with van der Waals surface area (Å²) in [5.74, 6) is -0.197. The second-order valence-electron chi connectivity index (χ2n) is 7.54. The number of amides is 2. The Hall–Kier alpha value is -1.75. The Morgan fingerprint density at radius 3 is 2.48 bits per heavy atom. The highest BCUT2D eigenvalue weighted by Gasteiger charge is 2.37. The smallest absolute Gasteiger partial charge is 0.415 e. The Labute approximate surface area is 154 Å². The molecule has 0 spiro atoms. The third-order valence-corrected chi connectivity index (χ3v) is 4.05. The van der Waals surface area contributed by atoms with Crippen LogP contribution in [0.5, 0.6) is 0 Å². The summed E-state index contributed by atoms with van der Waals surface area (Å²) >= 11 is 5.75. The zero-order valence-electron chi connectivity index (χ0n) is 15.6. The van der Waals surface area contributed by atoms with Crippen molar-refractivity contribution in [1.82, 2.24) is 5.32 Å². The molecule has 25 heavy (non-hydrogen) atoms. The lowest BCUT2D eigenvalue weighted by molar-refractivity contribution is -0.120. The van der Waals surface area contributed by atoms with Crippen LogP contribution in [-0.4, -0.2) is 29.0 Å². The number of rotatable bonds is 5. The average Bonchev–Trinajstić information content (AvgIpc) is 3.29. The average molecular weight is 367 g/mol. The lowest BCUT2D eigenvalue weighted by atomic mass is 10.1. The van der Waals surface area contributed by atoms with Crippen molar-refractivity contribution in [3.63, 3.8) is 0 Å². The van der Waals surface area contributed by atoms with E-state index in [2.05, 4.69) is 5.32 Å². The Morgan fingerprint density at radius 2 is 2.00 bits per heavy atom. The number of carbonyl (C=O) groups is 2. The molecule has 0 aliphatic heterocycles. The predicted molar refractivity (Wildman–Crippen MR) is 100 cm³/mol. The van der Waals surface area contributed by atoms with Gasteiger partial charge in [0.25, 0.3) is 0 Å². The van der Waals surface area contributed by atoms with E-state index in [1.165, 1.54) is 0 Å². The van der Waals surface area contributed by atoms with Crippen LogP contribution in [-0.2, 0) is 16.1 Å². The van der Waals surface area contributed by atoms with Crippen molar-refractivity contribution in [3.8, 4) is 0 Å². The van der Waals surface area contributed by atoms with Crippen molar-refractivity contribution in [3.05, 3.63) is 29.3 Å². The van der Waals surface area contributed by atoms with Gasteiger partial charge in [-0.2, -0.15) is 0 Å². The van der Waals surface area contributed by atoms with Gasteiger partial charge in [-0.25, -0.2) is 4.79 Å². The Kier molecular flexibility index (Phi) is 5.99. The molecule has 1 unspecified atom stereocenters. The van der Waals surface area contributed by atoms with E-state index in [1.807, 2.05) is 45.9 Å². The lowest BCUT2D eigenvalue weighted by Gasteiger charge is -2.28. The maximum Gasteiger partial charge on any atom is 0.415 e. The highest BCUT2D eigenvalue weighted by atomic mass is 35.5. The van der Waals surface area contributed by atoms with Crippen LogP contribution < -0.4 is 10.2 Å². The van der Waals surface area contributed by atoms with Gasteiger partial charge in [0.2, 0.25) is 5.91 Å². The van der Waals surface area contributed by atoms with E-state index < -0.39 is 11.0 Å². The molecule has 2 amide bonds. The van der Waals surface area contributed by atoms with Gasteiger partial charge < -0.3 is 10.1 Å². The van der Waals surface area contributed by atoms with Gasteiger partial charge in [0.1, 0.15) is 11.0 Å². The third kappa shape index (κ3) is 5.63. The fraction of sp³-hybridized carbons (Fsp3) is 0.579. The zero-order valence-corrected chi connectivity index (χ0v) is 16.3. The molecule has 1 atom stereocenters. The second-order valence-corrected chi connectivity index (χ2v) is 8.19. The van der Waals surface area contributed by atoms with E-state index in [0.717, 1.165) is 29.7 Å². The molecule has 1 aliphatic carbocycles. The first kappa shape index (κ1) is 19.6. The molecule has 1 fully saturated rings. The minimum Gasteiger partial charge on any atom is -0.443 e. The number of hydrogen-bond acceptors (Lipinski definition) is 3. The first-order chi connectivity index (χ1) is 11.6. The van der Waals surface area contributed by atoms with Gasteiger partial charge in [-0.1, -0.05) is 12.1 Å². The Bertz CT molecular complexity index is 649. The van der Waals surface area contributed by atoms with Crippen LogP contribution in [0.3, 0.4) is 0 Å². The van der Waals surface area contributed by atoms with Gasteiger partial charge in [-0.15, -0.1) is 11.6 Å². The number of halogens is 1. The fourth-order valence-electron chi connectivity index (χ4n) is 2.52. The van der Waals surface area contributed by atoms with Crippen molar-refractivity contribution in [2.45, 2.75) is 71.0 Å². The molecule has 138 valence electrons. The number of carbonyl (C=O) groups excluding carboxylic acids is 2. The summed E-state index contributed by atoms with van der Waals surface area (Å²) in [6.45, 7) is 9.61. The number of nitrogens with one attached hydrogen (secondary N) is 1. The zero-order chi connectivity index (χ0) is 18.8. The van der Waals surface area contributed by atoms with Gasteiger partial charge in [-0.05, 0) is 64.7 Å². The van der Waals surface area contributed by atoms with Gasteiger partial charge in [0.15, 0.2) is 0 Å². The molecular weight excluding hydrogens is 340 g/mol.